The number of nitrogen functional groups attached to an aromatic ring is 1. The molecular weight excluding hydrogens is 961 g/mol. The van der Waals surface area contributed by atoms with E-state index >= 15 is 0 Å². The van der Waals surface area contributed by atoms with E-state index in [0.717, 1.165) is 94.2 Å². The zero-order valence-corrected chi connectivity index (χ0v) is 43.4. The largest absolute Gasteiger partial charge is 0.481 e. The summed E-state index contributed by atoms with van der Waals surface area (Å²) in [6, 6.07) is 1.24. The van der Waals surface area contributed by atoms with Gasteiger partial charge in [-0.2, -0.15) is 9.29 Å². The first kappa shape index (κ1) is 63.3. The second-order valence-electron chi connectivity index (χ2n) is 17.1. The van der Waals surface area contributed by atoms with Crippen LogP contribution < -0.4 is 11.4 Å². The maximum atomic E-state index is 12.9. The summed E-state index contributed by atoms with van der Waals surface area (Å²) in [5, 5.41) is 31.1. The standard InChI is InChI=1S/C50H81N3O16P2/c1-3-5-7-9-11-12-13-14-15-16-17-18-19-20-22-26-31-35-46(56)67-42(38-64-45(55)34-30-27-23-25-29-33-41(54)32-28-24-21-10-8-6-4-2)39-65-70(60,61)69-71(62,63)66-40-43-47(57)48(58)49(68-43)53-37-36-44(51)52-50(53)59/h6,8,11-12,14-15,17-18,21,24,28,32,36-37,41-43,47-49,54,57-58H,3-5,7,9-10,13,16,19-20,22-23,25-27,29-31,33-35,38-40H2,1-2H3,(H,60,61)(H,62,63)(H2,51,52,59)/b8-6+,12-11-,15-14-,18-17-,24-21+,32-28+/t41?,42-,43-,47-,48-,49-/m1/s1. The number of allylic oxidation sites excluding steroid dienone is 11. The third kappa shape index (κ3) is 30.7. The van der Waals surface area contributed by atoms with E-state index in [1.54, 1.807) is 6.08 Å². The van der Waals surface area contributed by atoms with Crippen LogP contribution in [0.25, 0.3) is 0 Å². The molecule has 1 aliphatic heterocycles. The molecule has 1 aromatic rings. The number of carbonyl (C=O) groups excluding carboxylic acids is 2. The van der Waals surface area contributed by atoms with E-state index in [-0.39, 0.29) is 18.7 Å². The first-order valence-electron chi connectivity index (χ1n) is 25.1. The van der Waals surface area contributed by atoms with E-state index < -0.39 is 89.8 Å². The molecular formula is C50H81N3O16P2. The SMILES string of the molecule is CC/C=C/C/C=C/C=C/C(O)CCCCCCCC(=O)OC[C@H](COP(=O)(O)OP(=O)(O)OC[C@H]1O[C@@H](n2ccc(N)nc2=O)[C@H](O)[C@@H]1O)OC(=O)CCCCCC/C=C\C/C=C\C/C=C\CCCCC. The Bertz CT molecular complexity index is 1990. The fourth-order valence-corrected chi connectivity index (χ4v) is 9.08. The lowest BCUT2D eigenvalue weighted by molar-refractivity contribution is -0.161. The first-order chi connectivity index (χ1) is 34.1. The van der Waals surface area contributed by atoms with Crippen molar-refractivity contribution < 1.29 is 71.4 Å². The maximum Gasteiger partial charge on any atom is 0.481 e. The highest BCUT2D eigenvalue weighted by atomic mass is 31.3. The Balaban J connectivity index is 1.84. The van der Waals surface area contributed by atoms with Gasteiger partial charge in [0.1, 0.15) is 30.7 Å². The number of hydrogen-bond donors (Lipinski definition) is 6. The molecule has 8 atom stereocenters. The monoisotopic (exact) mass is 1040 g/mol. The molecule has 3 unspecified atom stereocenters. The molecule has 0 bridgehead atoms. The normalized spacial score (nSPS) is 20.2. The lowest BCUT2D eigenvalue weighted by Crippen LogP contribution is -2.36. The van der Waals surface area contributed by atoms with Crippen molar-refractivity contribution in [1.82, 2.24) is 9.55 Å². The number of esters is 2. The molecule has 1 aliphatic rings. The molecule has 0 aromatic carbocycles. The average molecular weight is 1040 g/mol. The number of ether oxygens (including phenoxy) is 3. The molecule has 2 heterocycles. The van der Waals surface area contributed by atoms with Gasteiger partial charge in [0.2, 0.25) is 0 Å². The smallest absolute Gasteiger partial charge is 0.462 e. The lowest BCUT2D eigenvalue weighted by Gasteiger charge is -2.21. The fraction of sp³-hybridized carbons (Fsp3) is 0.640. The van der Waals surface area contributed by atoms with Gasteiger partial charge in [0.25, 0.3) is 0 Å². The number of aliphatic hydroxyl groups is 3. The number of rotatable bonds is 40. The topological polar surface area (TPSA) is 286 Å². The number of unbranched alkanes of at least 4 members (excludes halogenated alkanes) is 11. The molecule has 0 spiro atoms. The quantitative estimate of drug-likeness (QED) is 0.0117. The molecule has 1 aromatic heterocycles. The average Bonchev–Trinajstić information content (AvgIpc) is 3.60. The molecule has 0 radical (unpaired) electrons. The first-order valence-corrected chi connectivity index (χ1v) is 28.0. The molecule has 402 valence electrons. The highest BCUT2D eigenvalue weighted by Crippen LogP contribution is 2.60. The summed E-state index contributed by atoms with van der Waals surface area (Å²) in [6.45, 7) is 1.87. The third-order valence-corrected chi connectivity index (χ3v) is 13.5. The van der Waals surface area contributed by atoms with Crippen LogP contribution in [0.2, 0.25) is 0 Å². The minimum atomic E-state index is -5.45. The summed E-state index contributed by atoms with van der Waals surface area (Å²) in [5.41, 5.74) is 4.57. The Labute approximate surface area is 419 Å². The number of aromatic nitrogens is 2. The van der Waals surface area contributed by atoms with Crippen molar-refractivity contribution in [2.75, 3.05) is 25.6 Å². The van der Waals surface area contributed by atoms with Crippen LogP contribution in [-0.2, 0) is 46.3 Å². The fourth-order valence-electron chi connectivity index (χ4n) is 6.97. The molecule has 1 fully saturated rings. The van der Waals surface area contributed by atoms with Crippen molar-refractivity contribution >= 4 is 33.4 Å². The molecule has 7 N–H and O–H groups in total. The van der Waals surface area contributed by atoms with E-state index in [2.05, 4.69) is 71.8 Å². The predicted molar refractivity (Wildman–Crippen MR) is 271 cm³/mol. The summed E-state index contributed by atoms with van der Waals surface area (Å²) in [6.07, 6.45) is 34.3. The van der Waals surface area contributed by atoms with Crippen LogP contribution in [0.4, 0.5) is 5.82 Å². The number of nitrogens with zero attached hydrogens (tertiary/aromatic N) is 2. The van der Waals surface area contributed by atoms with Gasteiger partial charge in [-0.15, -0.1) is 0 Å². The van der Waals surface area contributed by atoms with Crippen LogP contribution in [0.5, 0.6) is 0 Å². The van der Waals surface area contributed by atoms with Gasteiger partial charge in [0, 0.05) is 19.0 Å². The third-order valence-electron chi connectivity index (χ3n) is 10.9. The Kier molecular flexibility index (Phi) is 33.7. The predicted octanol–water partition coefficient (Wildman–Crippen LogP) is 9.08. The van der Waals surface area contributed by atoms with Crippen molar-refractivity contribution in [3.8, 4) is 0 Å². The second-order valence-corrected chi connectivity index (χ2v) is 20.2. The van der Waals surface area contributed by atoms with Crippen LogP contribution >= 0.6 is 15.6 Å². The van der Waals surface area contributed by atoms with Crippen molar-refractivity contribution in [1.29, 1.82) is 0 Å². The summed E-state index contributed by atoms with van der Waals surface area (Å²) >= 11 is 0. The Hall–Kier alpha value is -3.84. The zero-order chi connectivity index (χ0) is 52.2. The van der Waals surface area contributed by atoms with Crippen molar-refractivity contribution in [3.05, 3.63) is 95.7 Å². The van der Waals surface area contributed by atoms with Gasteiger partial charge in [-0.1, -0.05) is 138 Å². The zero-order valence-electron chi connectivity index (χ0n) is 41.6. The molecule has 0 aliphatic carbocycles. The molecule has 21 heteroatoms. The molecule has 2 rings (SSSR count). The Morgan fingerprint density at radius 1 is 0.761 bits per heavy atom. The van der Waals surface area contributed by atoms with E-state index in [9.17, 15) is 48.6 Å². The van der Waals surface area contributed by atoms with E-state index in [4.69, 9.17) is 29.0 Å². The number of carbonyl (C=O) groups is 2. The molecule has 1 saturated heterocycles. The van der Waals surface area contributed by atoms with E-state index in [1.165, 1.54) is 25.3 Å². The molecule has 71 heavy (non-hydrogen) atoms. The molecule has 19 nitrogen and oxygen atoms in total. The number of phosphoric acid groups is 2. The van der Waals surface area contributed by atoms with Crippen molar-refractivity contribution in [3.63, 3.8) is 0 Å². The summed E-state index contributed by atoms with van der Waals surface area (Å²) < 4.78 is 56.7. The summed E-state index contributed by atoms with van der Waals surface area (Å²) in [5.74, 6) is -1.41. The van der Waals surface area contributed by atoms with Crippen molar-refractivity contribution in [2.24, 2.45) is 0 Å². The van der Waals surface area contributed by atoms with E-state index in [1.807, 2.05) is 18.2 Å². The van der Waals surface area contributed by atoms with Crippen molar-refractivity contribution in [2.45, 2.75) is 185 Å². The van der Waals surface area contributed by atoms with Gasteiger partial charge in [-0.05, 0) is 76.7 Å². The highest BCUT2D eigenvalue weighted by molar-refractivity contribution is 7.61. The Morgan fingerprint density at radius 3 is 2.03 bits per heavy atom. The number of aliphatic hydroxyl groups excluding tert-OH is 3. The van der Waals surface area contributed by atoms with Gasteiger partial charge in [-0.3, -0.25) is 23.2 Å². The van der Waals surface area contributed by atoms with Crippen LogP contribution in [0.3, 0.4) is 0 Å². The van der Waals surface area contributed by atoms with Gasteiger partial charge in [0.05, 0.1) is 19.3 Å². The van der Waals surface area contributed by atoms with Gasteiger partial charge in [0.15, 0.2) is 12.3 Å². The van der Waals surface area contributed by atoms with Gasteiger partial charge >= 0.3 is 33.3 Å². The minimum Gasteiger partial charge on any atom is -0.462 e. The van der Waals surface area contributed by atoms with Crippen LogP contribution in [0.1, 0.15) is 155 Å². The Morgan fingerprint density at radius 2 is 1.35 bits per heavy atom. The van der Waals surface area contributed by atoms with Crippen LogP contribution in [0, 0.1) is 0 Å². The number of nitrogens with two attached hydrogens (primary N) is 1. The minimum absolute atomic E-state index is 0.000518. The van der Waals surface area contributed by atoms with Crippen LogP contribution in [-0.4, -0.2) is 96.9 Å². The van der Waals surface area contributed by atoms with Crippen LogP contribution in [0.15, 0.2) is 90.0 Å². The maximum absolute atomic E-state index is 12.9. The second kappa shape index (κ2) is 37.8. The lowest BCUT2D eigenvalue weighted by atomic mass is 10.1. The van der Waals surface area contributed by atoms with Gasteiger partial charge in [-0.25, -0.2) is 13.9 Å². The number of phosphoric ester groups is 2. The number of hydrogen-bond acceptors (Lipinski definition) is 16. The molecule has 0 amide bonds. The van der Waals surface area contributed by atoms with E-state index in [0.29, 0.717) is 19.3 Å². The molecule has 0 saturated carbocycles. The van der Waals surface area contributed by atoms with Gasteiger partial charge < -0.3 is 45.1 Å². The summed E-state index contributed by atoms with van der Waals surface area (Å²) in [7, 11) is -10.9. The number of anilines is 1. The summed E-state index contributed by atoms with van der Waals surface area (Å²) in [4.78, 5) is 61.9. The highest BCUT2D eigenvalue weighted by Gasteiger charge is 2.46.